The Morgan fingerprint density at radius 2 is 1.00 bits per heavy atom. The average Bonchev–Trinajstić information content (AvgIpc) is 3.45. The maximum Gasteiger partial charge on any atom is 0.0549 e. The normalized spacial score (nSPS) is 15.0. The molecule has 9 rings (SSSR count). The predicted octanol–water partition coefficient (Wildman–Crippen LogP) is 12.1. The fraction of sp³-hybridized carbons (Fsp3) is 0.136. The number of anilines is 3. The molecule has 1 nitrogen and oxygen atoms in total. The van der Waals surface area contributed by atoms with E-state index in [2.05, 4.69) is 172 Å². The third-order valence-electron chi connectivity index (χ3n) is 10.6. The molecule has 0 N–H and O–H groups in total. The maximum absolute atomic E-state index is 2.52. The van der Waals surface area contributed by atoms with Crippen molar-refractivity contribution >= 4 is 38.6 Å². The van der Waals surface area contributed by atoms with Gasteiger partial charge in [-0.15, -0.1) is 0 Å². The van der Waals surface area contributed by atoms with Crippen LogP contribution in [0.3, 0.4) is 0 Å². The van der Waals surface area contributed by atoms with Crippen molar-refractivity contribution in [2.45, 2.75) is 38.5 Å². The monoisotopic (exact) mass is 577 g/mol. The molecule has 0 saturated heterocycles. The molecule has 7 aromatic carbocycles. The van der Waals surface area contributed by atoms with Crippen molar-refractivity contribution in [2.24, 2.45) is 0 Å². The van der Waals surface area contributed by atoms with Gasteiger partial charge in [-0.05, 0) is 90.8 Å². The van der Waals surface area contributed by atoms with Gasteiger partial charge in [0.2, 0.25) is 0 Å². The standard InChI is InChI=1S/C44H35N/c1-43(2)37-19-11-9-17-34(37)35-24-23-32(27-39(35)43)45(31-22-21-28-13-5-6-14-29(28)25-31)40-26-30-15-7-8-16-33(30)42-41(40)36-18-10-12-20-38(36)44(42,3)4/h5-27H,1-4H3. The largest absolute Gasteiger partial charge is 0.310 e. The van der Waals surface area contributed by atoms with Gasteiger partial charge in [-0.3, -0.25) is 0 Å². The minimum absolute atomic E-state index is 0.0864. The molecule has 2 aliphatic rings. The second kappa shape index (κ2) is 9.19. The van der Waals surface area contributed by atoms with Crippen LogP contribution in [0.1, 0.15) is 49.9 Å². The first kappa shape index (κ1) is 26.3. The lowest BCUT2D eigenvalue weighted by Gasteiger charge is -2.31. The molecular weight excluding hydrogens is 542 g/mol. The van der Waals surface area contributed by atoms with Crippen LogP contribution in [0, 0.1) is 0 Å². The molecule has 0 fully saturated rings. The summed E-state index contributed by atoms with van der Waals surface area (Å²) in [6.07, 6.45) is 0. The fourth-order valence-corrected chi connectivity index (χ4v) is 8.39. The van der Waals surface area contributed by atoms with Crippen molar-refractivity contribution in [3.8, 4) is 22.3 Å². The van der Waals surface area contributed by atoms with E-state index in [0.29, 0.717) is 0 Å². The van der Waals surface area contributed by atoms with Crippen LogP contribution in [0.2, 0.25) is 0 Å². The number of hydrogen-bond acceptors (Lipinski definition) is 1. The Kier molecular flexibility index (Phi) is 5.37. The lowest BCUT2D eigenvalue weighted by molar-refractivity contribution is 0.660. The molecule has 216 valence electrons. The summed E-state index contributed by atoms with van der Waals surface area (Å²) < 4.78 is 0. The Morgan fingerprint density at radius 1 is 0.422 bits per heavy atom. The molecule has 0 saturated carbocycles. The third kappa shape index (κ3) is 3.61. The van der Waals surface area contributed by atoms with Gasteiger partial charge in [0.25, 0.3) is 0 Å². The van der Waals surface area contributed by atoms with Crippen molar-refractivity contribution < 1.29 is 0 Å². The van der Waals surface area contributed by atoms with Crippen LogP contribution < -0.4 is 4.90 Å². The van der Waals surface area contributed by atoms with Gasteiger partial charge in [0.05, 0.1) is 5.69 Å². The van der Waals surface area contributed by atoms with Gasteiger partial charge >= 0.3 is 0 Å². The first-order valence-electron chi connectivity index (χ1n) is 16.0. The van der Waals surface area contributed by atoms with Crippen LogP contribution in [0.5, 0.6) is 0 Å². The quantitative estimate of drug-likeness (QED) is 0.202. The van der Waals surface area contributed by atoms with Gasteiger partial charge in [-0.25, -0.2) is 0 Å². The Labute approximate surface area is 265 Å². The smallest absolute Gasteiger partial charge is 0.0549 e. The number of rotatable bonds is 3. The summed E-state index contributed by atoms with van der Waals surface area (Å²) in [4.78, 5) is 2.52. The summed E-state index contributed by atoms with van der Waals surface area (Å²) >= 11 is 0. The Hall–Kier alpha value is -5.14. The van der Waals surface area contributed by atoms with Crippen LogP contribution in [0.4, 0.5) is 17.1 Å². The molecule has 0 amide bonds. The number of benzene rings is 7. The average molecular weight is 578 g/mol. The first-order valence-corrected chi connectivity index (χ1v) is 16.0. The molecule has 45 heavy (non-hydrogen) atoms. The Bertz CT molecular complexity index is 2340. The second-order valence-electron chi connectivity index (χ2n) is 13.8. The van der Waals surface area contributed by atoms with E-state index in [1.54, 1.807) is 0 Å². The minimum atomic E-state index is -0.127. The summed E-state index contributed by atoms with van der Waals surface area (Å²) in [7, 11) is 0. The third-order valence-corrected chi connectivity index (χ3v) is 10.6. The minimum Gasteiger partial charge on any atom is -0.310 e. The number of fused-ring (bicyclic) bond motifs is 9. The number of nitrogens with zero attached hydrogens (tertiary/aromatic N) is 1. The SMILES string of the molecule is CC1(C)c2ccccc2-c2ccc(N(c3ccc4ccccc4c3)c3cc4ccccc4c4c3-c3ccccc3C4(C)C)cc21. The van der Waals surface area contributed by atoms with E-state index < -0.39 is 0 Å². The summed E-state index contributed by atoms with van der Waals surface area (Å²) in [5, 5.41) is 5.10. The van der Waals surface area contributed by atoms with Gasteiger partial charge in [0.1, 0.15) is 0 Å². The van der Waals surface area contributed by atoms with Crippen molar-refractivity contribution in [2.75, 3.05) is 4.90 Å². The zero-order chi connectivity index (χ0) is 30.5. The van der Waals surface area contributed by atoms with Crippen molar-refractivity contribution in [1.82, 2.24) is 0 Å². The van der Waals surface area contributed by atoms with E-state index in [-0.39, 0.29) is 10.8 Å². The van der Waals surface area contributed by atoms with Crippen LogP contribution in [-0.4, -0.2) is 0 Å². The molecule has 0 spiro atoms. The van der Waals surface area contributed by atoms with Crippen LogP contribution in [-0.2, 0) is 10.8 Å². The molecule has 7 aromatic rings. The van der Waals surface area contributed by atoms with Crippen molar-refractivity contribution in [1.29, 1.82) is 0 Å². The summed E-state index contributed by atoms with van der Waals surface area (Å²) in [6.45, 7) is 9.52. The van der Waals surface area contributed by atoms with Gasteiger partial charge in [-0.1, -0.05) is 137 Å². The molecule has 0 aromatic heterocycles. The van der Waals surface area contributed by atoms with E-state index in [1.165, 1.54) is 83.1 Å². The molecule has 0 unspecified atom stereocenters. The maximum atomic E-state index is 2.52. The highest BCUT2D eigenvalue weighted by Crippen LogP contribution is 2.57. The molecule has 2 aliphatic carbocycles. The van der Waals surface area contributed by atoms with Gasteiger partial charge < -0.3 is 4.90 Å². The lowest BCUT2D eigenvalue weighted by atomic mass is 9.80. The highest BCUT2D eigenvalue weighted by Gasteiger charge is 2.40. The highest BCUT2D eigenvalue weighted by atomic mass is 15.1. The summed E-state index contributed by atoms with van der Waals surface area (Å²) in [6, 6.07) is 52.0. The van der Waals surface area contributed by atoms with E-state index >= 15 is 0 Å². The summed E-state index contributed by atoms with van der Waals surface area (Å²) in [5.74, 6) is 0. The van der Waals surface area contributed by atoms with Crippen LogP contribution >= 0.6 is 0 Å². The van der Waals surface area contributed by atoms with Crippen molar-refractivity contribution in [3.63, 3.8) is 0 Å². The second-order valence-corrected chi connectivity index (χ2v) is 13.8. The zero-order valence-electron chi connectivity index (χ0n) is 26.2. The Balaban J connectivity index is 1.38. The van der Waals surface area contributed by atoms with Crippen molar-refractivity contribution in [3.05, 3.63) is 162 Å². The Morgan fingerprint density at radius 3 is 1.80 bits per heavy atom. The molecule has 0 aliphatic heterocycles. The molecule has 0 heterocycles. The number of hydrogen-bond donors (Lipinski definition) is 0. The molecule has 1 heteroatoms. The van der Waals surface area contributed by atoms with E-state index in [1.807, 2.05) is 0 Å². The van der Waals surface area contributed by atoms with Gasteiger partial charge in [0.15, 0.2) is 0 Å². The van der Waals surface area contributed by atoms with Crippen LogP contribution in [0.15, 0.2) is 140 Å². The van der Waals surface area contributed by atoms with E-state index in [4.69, 9.17) is 0 Å². The predicted molar refractivity (Wildman–Crippen MR) is 191 cm³/mol. The molecular formula is C44H35N. The zero-order valence-corrected chi connectivity index (χ0v) is 26.2. The molecule has 0 radical (unpaired) electrons. The highest BCUT2D eigenvalue weighted by molar-refractivity contribution is 6.06. The van der Waals surface area contributed by atoms with Crippen LogP contribution in [0.25, 0.3) is 43.8 Å². The summed E-state index contributed by atoms with van der Waals surface area (Å²) in [5.41, 5.74) is 14.3. The first-order chi connectivity index (χ1) is 21.8. The lowest BCUT2D eigenvalue weighted by Crippen LogP contribution is -2.18. The van der Waals surface area contributed by atoms with Gasteiger partial charge in [0, 0.05) is 27.8 Å². The van der Waals surface area contributed by atoms with E-state index in [0.717, 1.165) is 0 Å². The van der Waals surface area contributed by atoms with E-state index in [9.17, 15) is 0 Å². The fourth-order valence-electron chi connectivity index (χ4n) is 8.39. The topological polar surface area (TPSA) is 3.24 Å². The van der Waals surface area contributed by atoms with Gasteiger partial charge in [-0.2, -0.15) is 0 Å². The molecule has 0 bridgehead atoms. The molecule has 0 atom stereocenters.